The first kappa shape index (κ1) is 15.6. The van der Waals surface area contributed by atoms with Crippen LogP contribution in [0.3, 0.4) is 0 Å². The van der Waals surface area contributed by atoms with Gasteiger partial charge in [0, 0.05) is 37.0 Å². The van der Waals surface area contributed by atoms with Crippen LogP contribution in [-0.4, -0.2) is 20.9 Å². The Kier molecular flexibility index (Phi) is 4.76. The maximum atomic E-state index is 12.1. The number of rotatable bonds is 5. The van der Waals surface area contributed by atoms with Crippen LogP contribution in [0.25, 0.3) is 0 Å². The second-order valence-corrected chi connectivity index (χ2v) is 5.33. The van der Waals surface area contributed by atoms with Crippen LogP contribution in [-0.2, 0) is 6.54 Å². The van der Waals surface area contributed by atoms with Crippen LogP contribution < -0.4 is 10.6 Å². The highest BCUT2D eigenvalue weighted by Crippen LogP contribution is 2.13. The van der Waals surface area contributed by atoms with Gasteiger partial charge in [0.1, 0.15) is 0 Å². The maximum Gasteiger partial charge on any atom is 0.254 e. The Bertz CT molecular complexity index is 801. The number of nitrogens with zero attached hydrogens (tertiary/aromatic N) is 3. The van der Waals surface area contributed by atoms with E-state index in [0.29, 0.717) is 18.1 Å². The number of carbonyl (C=O) groups excluding carboxylic acids is 1. The predicted molar refractivity (Wildman–Crippen MR) is 91.9 cm³/mol. The van der Waals surface area contributed by atoms with Gasteiger partial charge in [-0.2, -0.15) is 0 Å². The molecule has 0 aliphatic rings. The summed E-state index contributed by atoms with van der Waals surface area (Å²) in [6.45, 7) is 2.44. The van der Waals surface area contributed by atoms with E-state index < -0.39 is 0 Å². The van der Waals surface area contributed by atoms with Gasteiger partial charge in [-0.05, 0) is 30.7 Å². The number of anilines is 2. The van der Waals surface area contributed by atoms with Crippen molar-refractivity contribution in [2.45, 2.75) is 13.5 Å². The molecule has 0 bridgehead atoms. The number of carbonyl (C=O) groups is 1. The monoisotopic (exact) mass is 319 g/mol. The van der Waals surface area contributed by atoms with Crippen molar-refractivity contribution in [3.8, 4) is 0 Å². The highest BCUT2D eigenvalue weighted by atomic mass is 16.1. The lowest BCUT2D eigenvalue weighted by molar-refractivity contribution is 0.0950. The number of hydrogen-bond donors (Lipinski definition) is 2. The molecule has 6 nitrogen and oxygen atoms in total. The van der Waals surface area contributed by atoms with Crippen LogP contribution in [0, 0.1) is 6.92 Å². The van der Waals surface area contributed by atoms with Crippen molar-refractivity contribution in [2.75, 3.05) is 5.32 Å². The van der Waals surface area contributed by atoms with Crippen molar-refractivity contribution in [1.82, 2.24) is 20.3 Å². The molecule has 0 radical (unpaired) electrons. The van der Waals surface area contributed by atoms with Gasteiger partial charge in [-0.3, -0.25) is 9.78 Å². The van der Waals surface area contributed by atoms with Crippen molar-refractivity contribution in [3.05, 3.63) is 77.9 Å². The second-order valence-electron chi connectivity index (χ2n) is 5.33. The van der Waals surface area contributed by atoms with Crippen LogP contribution >= 0.6 is 0 Å². The number of aryl methyl sites for hydroxylation is 1. The zero-order valence-electron chi connectivity index (χ0n) is 13.2. The van der Waals surface area contributed by atoms with Gasteiger partial charge >= 0.3 is 0 Å². The van der Waals surface area contributed by atoms with Gasteiger partial charge < -0.3 is 10.6 Å². The first-order valence-corrected chi connectivity index (χ1v) is 7.53. The molecular formula is C18H17N5O. The number of nitrogens with one attached hydrogen (secondary N) is 2. The van der Waals surface area contributed by atoms with Crippen LogP contribution in [0.4, 0.5) is 11.6 Å². The van der Waals surface area contributed by atoms with Gasteiger partial charge in [-0.1, -0.05) is 23.8 Å². The fourth-order valence-corrected chi connectivity index (χ4v) is 2.06. The second kappa shape index (κ2) is 7.32. The number of pyridine rings is 1. The summed E-state index contributed by atoms with van der Waals surface area (Å²) >= 11 is 0. The quantitative estimate of drug-likeness (QED) is 0.756. The minimum Gasteiger partial charge on any atom is -0.348 e. The molecule has 3 rings (SSSR count). The van der Waals surface area contributed by atoms with Gasteiger partial charge in [0.15, 0.2) is 0 Å². The molecule has 2 N–H and O–H groups in total. The van der Waals surface area contributed by atoms with E-state index in [1.807, 2.05) is 43.3 Å². The Balaban J connectivity index is 1.59. The normalized spacial score (nSPS) is 10.2. The fraction of sp³-hybridized carbons (Fsp3) is 0.111. The lowest BCUT2D eigenvalue weighted by Crippen LogP contribution is -2.23. The lowest BCUT2D eigenvalue weighted by atomic mass is 10.2. The highest BCUT2D eigenvalue weighted by molar-refractivity contribution is 5.93. The van der Waals surface area contributed by atoms with Crippen molar-refractivity contribution in [1.29, 1.82) is 0 Å². The van der Waals surface area contributed by atoms with E-state index in [0.717, 1.165) is 11.3 Å². The summed E-state index contributed by atoms with van der Waals surface area (Å²) < 4.78 is 0. The molecule has 0 unspecified atom stereocenters. The molecule has 3 aromatic rings. The molecular weight excluding hydrogens is 302 g/mol. The topological polar surface area (TPSA) is 79.8 Å². The van der Waals surface area contributed by atoms with Crippen molar-refractivity contribution >= 4 is 17.5 Å². The van der Waals surface area contributed by atoms with E-state index in [1.165, 1.54) is 18.0 Å². The first-order valence-electron chi connectivity index (χ1n) is 7.53. The fourth-order valence-electron chi connectivity index (χ4n) is 2.06. The van der Waals surface area contributed by atoms with Crippen LogP contribution in [0.1, 0.15) is 21.5 Å². The number of hydrogen-bond acceptors (Lipinski definition) is 5. The molecule has 1 aromatic carbocycles. The Morgan fingerprint density at radius 3 is 2.46 bits per heavy atom. The molecule has 0 atom stereocenters. The van der Waals surface area contributed by atoms with Gasteiger partial charge in [-0.15, -0.1) is 0 Å². The van der Waals surface area contributed by atoms with Gasteiger partial charge in [0.2, 0.25) is 5.95 Å². The molecule has 0 saturated heterocycles. The van der Waals surface area contributed by atoms with Gasteiger partial charge in [0.25, 0.3) is 5.91 Å². The standard InChI is InChI=1S/C18H17N5O/c1-13-4-6-16(7-5-13)23-18-21-11-15(12-22-18)17(24)20-10-14-3-2-8-19-9-14/h2-9,11-12H,10H2,1H3,(H,20,24)(H,21,22,23). The lowest BCUT2D eigenvalue weighted by Gasteiger charge is -2.07. The van der Waals surface area contributed by atoms with Crippen LogP contribution in [0.15, 0.2) is 61.2 Å². The summed E-state index contributed by atoms with van der Waals surface area (Å²) in [5, 5.41) is 5.90. The maximum absolute atomic E-state index is 12.1. The molecule has 1 amide bonds. The third-order valence-corrected chi connectivity index (χ3v) is 3.40. The molecule has 2 heterocycles. The molecule has 24 heavy (non-hydrogen) atoms. The molecule has 2 aromatic heterocycles. The Labute approximate surface area is 140 Å². The Hall–Kier alpha value is -3.28. The molecule has 0 saturated carbocycles. The Morgan fingerprint density at radius 1 is 1.04 bits per heavy atom. The first-order chi connectivity index (χ1) is 11.7. The smallest absolute Gasteiger partial charge is 0.254 e. The van der Waals surface area contributed by atoms with Crippen molar-refractivity contribution in [3.63, 3.8) is 0 Å². The molecule has 0 spiro atoms. The molecule has 0 aliphatic heterocycles. The highest BCUT2D eigenvalue weighted by Gasteiger charge is 2.07. The number of benzene rings is 1. The molecule has 0 fully saturated rings. The van der Waals surface area contributed by atoms with Gasteiger partial charge in [-0.25, -0.2) is 9.97 Å². The largest absolute Gasteiger partial charge is 0.348 e. The average molecular weight is 319 g/mol. The molecule has 6 heteroatoms. The number of aromatic nitrogens is 3. The third kappa shape index (κ3) is 4.13. The summed E-state index contributed by atoms with van der Waals surface area (Å²) in [6, 6.07) is 11.6. The van der Waals surface area contributed by atoms with E-state index in [1.54, 1.807) is 12.4 Å². The Morgan fingerprint density at radius 2 is 1.79 bits per heavy atom. The summed E-state index contributed by atoms with van der Waals surface area (Å²) in [4.78, 5) is 24.5. The van der Waals surface area contributed by atoms with E-state index >= 15 is 0 Å². The third-order valence-electron chi connectivity index (χ3n) is 3.40. The van der Waals surface area contributed by atoms with E-state index in [4.69, 9.17) is 0 Å². The zero-order chi connectivity index (χ0) is 16.8. The molecule has 120 valence electrons. The predicted octanol–water partition coefficient (Wildman–Crippen LogP) is 2.85. The summed E-state index contributed by atoms with van der Waals surface area (Å²) in [7, 11) is 0. The van der Waals surface area contributed by atoms with E-state index in [-0.39, 0.29) is 5.91 Å². The average Bonchev–Trinajstić information content (AvgIpc) is 2.63. The van der Waals surface area contributed by atoms with Gasteiger partial charge in [0.05, 0.1) is 5.56 Å². The van der Waals surface area contributed by atoms with Crippen molar-refractivity contribution in [2.24, 2.45) is 0 Å². The van der Waals surface area contributed by atoms with E-state index in [9.17, 15) is 4.79 Å². The molecule has 0 aliphatic carbocycles. The SMILES string of the molecule is Cc1ccc(Nc2ncc(C(=O)NCc3cccnc3)cn2)cc1. The van der Waals surface area contributed by atoms with Crippen LogP contribution in [0.2, 0.25) is 0 Å². The number of amides is 1. The summed E-state index contributed by atoms with van der Waals surface area (Å²) in [6.07, 6.45) is 6.41. The summed E-state index contributed by atoms with van der Waals surface area (Å²) in [5.41, 5.74) is 3.43. The minimum absolute atomic E-state index is 0.222. The zero-order valence-corrected chi connectivity index (χ0v) is 13.2. The summed E-state index contributed by atoms with van der Waals surface area (Å²) in [5.74, 6) is 0.225. The minimum atomic E-state index is -0.222. The van der Waals surface area contributed by atoms with E-state index in [2.05, 4.69) is 25.6 Å². The van der Waals surface area contributed by atoms with Crippen molar-refractivity contribution < 1.29 is 4.79 Å². The van der Waals surface area contributed by atoms with Crippen LogP contribution in [0.5, 0.6) is 0 Å².